The molecule has 0 amide bonds. The van der Waals surface area contributed by atoms with Crippen LogP contribution in [0.1, 0.15) is 111 Å². The highest BCUT2D eigenvalue weighted by Gasteiger charge is 2.67. The maximum atomic E-state index is 12.5. The van der Waals surface area contributed by atoms with E-state index in [1.54, 1.807) is 6.92 Å². The molecule has 0 aromatic heterocycles. The summed E-state index contributed by atoms with van der Waals surface area (Å²) in [5.41, 5.74) is 0.684. The van der Waals surface area contributed by atoms with E-state index in [1.165, 1.54) is 121 Å². The van der Waals surface area contributed by atoms with E-state index in [0.29, 0.717) is 11.5 Å². The highest BCUT2D eigenvalue weighted by atomic mass is 79.9. The van der Waals surface area contributed by atoms with Crippen molar-refractivity contribution in [2.45, 2.75) is 129 Å². The Morgan fingerprint density at radius 3 is 1.95 bits per heavy atom. The fraction of sp³-hybridized carbons (Fsp3) is 0.970. The fourth-order valence-corrected chi connectivity index (χ4v) is 12.0. The van der Waals surface area contributed by atoms with Crippen molar-refractivity contribution in [1.29, 1.82) is 0 Å². The van der Waals surface area contributed by atoms with Crippen LogP contribution in [-0.2, 0) is 9.53 Å². The lowest BCUT2D eigenvalue weighted by atomic mass is 9.44. The second-order valence-electron chi connectivity index (χ2n) is 15.9. The molecule has 4 nitrogen and oxygen atoms in total. The SMILES string of the molecule is CC(=O)O[C@H]1[C@@H]([N+]2(C)CCCCC2)C[C@H]2[C@@H]3CC[C@H]4CC[C@@H]([N+]5(C)CCCCC5)C[C@]4(C)[C@H]3CC[C@@]21C.[Br-].[Br-]. The van der Waals surface area contributed by atoms with Gasteiger partial charge in [0.25, 0.3) is 0 Å². The van der Waals surface area contributed by atoms with Crippen LogP contribution in [0.4, 0.5) is 0 Å². The van der Waals surface area contributed by atoms with Crippen molar-refractivity contribution >= 4 is 5.97 Å². The summed E-state index contributed by atoms with van der Waals surface area (Å²) < 4.78 is 8.90. The van der Waals surface area contributed by atoms with E-state index in [2.05, 4.69) is 27.9 Å². The number of hydrogen-bond donors (Lipinski definition) is 0. The molecule has 2 saturated heterocycles. The van der Waals surface area contributed by atoms with Gasteiger partial charge in [0.05, 0.1) is 46.3 Å². The molecule has 0 aromatic carbocycles. The van der Waals surface area contributed by atoms with Gasteiger partial charge in [-0.15, -0.1) is 0 Å². The number of rotatable bonds is 3. The Morgan fingerprint density at radius 1 is 0.744 bits per heavy atom. The van der Waals surface area contributed by atoms with Gasteiger partial charge in [-0.05, 0) is 106 Å². The summed E-state index contributed by atoms with van der Waals surface area (Å²) in [7, 11) is 5.12. The van der Waals surface area contributed by atoms with E-state index < -0.39 is 0 Å². The van der Waals surface area contributed by atoms with Crippen LogP contribution in [0.3, 0.4) is 0 Å². The van der Waals surface area contributed by atoms with E-state index in [-0.39, 0.29) is 51.5 Å². The quantitative estimate of drug-likeness (QED) is 0.324. The summed E-state index contributed by atoms with van der Waals surface area (Å²) in [5.74, 6) is 3.35. The van der Waals surface area contributed by atoms with Crippen LogP contribution in [-0.4, -0.2) is 73.4 Å². The van der Waals surface area contributed by atoms with E-state index in [9.17, 15) is 4.79 Å². The number of carbonyl (C=O) groups excluding carboxylic acids is 1. The number of likely N-dealkylation sites (tertiary alicyclic amines) is 2. The first kappa shape index (κ1) is 32.3. The maximum Gasteiger partial charge on any atom is 0.303 e. The standard InChI is InChI=1S/C33H58N2O2.2BrH/c1-24(36)37-31-30(35(5)20-10-7-11-21-35)22-29-27-15-13-25-12-14-26(34(4)18-8-6-9-19-34)23-33(25,3)28(27)16-17-32(29,31)2;;/h25-31H,6-23H2,1-5H3;2*1H/q+2;;/p-2/t25-,26-,27-,28+,29+,30+,31+,32+,33+;;/m1../s1. The van der Waals surface area contributed by atoms with Gasteiger partial charge < -0.3 is 47.7 Å². The first-order valence-electron chi connectivity index (χ1n) is 16.4. The molecule has 0 spiro atoms. The van der Waals surface area contributed by atoms with Gasteiger partial charge in [-0.1, -0.05) is 13.8 Å². The predicted octanol–water partition coefficient (Wildman–Crippen LogP) is 0.577. The first-order valence-corrected chi connectivity index (χ1v) is 16.4. The monoisotopic (exact) mass is 672 g/mol. The highest BCUT2D eigenvalue weighted by Crippen LogP contribution is 2.67. The zero-order valence-electron chi connectivity index (χ0n) is 25.7. The molecule has 0 N–H and O–H groups in total. The molecule has 4 saturated carbocycles. The molecule has 2 aliphatic heterocycles. The second kappa shape index (κ2) is 11.8. The van der Waals surface area contributed by atoms with Crippen molar-refractivity contribution in [1.82, 2.24) is 0 Å². The van der Waals surface area contributed by atoms with Crippen LogP contribution in [0.2, 0.25) is 0 Å². The number of carbonyl (C=O) groups is 1. The molecule has 6 aliphatic rings. The third kappa shape index (κ3) is 5.35. The molecule has 0 bridgehead atoms. The Hall–Kier alpha value is 0.350. The van der Waals surface area contributed by atoms with Gasteiger partial charge in [-0.3, -0.25) is 4.79 Å². The Kier molecular flexibility index (Phi) is 9.76. The van der Waals surface area contributed by atoms with Crippen molar-refractivity contribution in [2.75, 3.05) is 40.3 Å². The molecule has 6 rings (SSSR count). The normalized spacial score (nSPS) is 46.3. The lowest BCUT2D eigenvalue weighted by molar-refractivity contribution is -0.940. The highest BCUT2D eigenvalue weighted by molar-refractivity contribution is 5.66. The summed E-state index contributed by atoms with van der Waals surface area (Å²) in [5, 5.41) is 0. The average molecular weight is 675 g/mol. The average Bonchev–Trinajstić information content (AvgIpc) is 3.17. The van der Waals surface area contributed by atoms with Gasteiger partial charge in [0.2, 0.25) is 0 Å². The van der Waals surface area contributed by atoms with Crippen molar-refractivity contribution in [2.24, 2.45) is 34.5 Å². The van der Waals surface area contributed by atoms with Gasteiger partial charge in [0.1, 0.15) is 6.04 Å². The number of halogens is 2. The maximum absolute atomic E-state index is 12.5. The minimum atomic E-state index is -0.0492. The smallest absolute Gasteiger partial charge is 0.303 e. The minimum Gasteiger partial charge on any atom is -1.00 e. The number of fused-ring (bicyclic) bond motifs is 5. The van der Waals surface area contributed by atoms with Crippen molar-refractivity contribution in [3.05, 3.63) is 0 Å². The van der Waals surface area contributed by atoms with Crippen molar-refractivity contribution in [3.63, 3.8) is 0 Å². The van der Waals surface area contributed by atoms with E-state index >= 15 is 0 Å². The van der Waals surface area contributed by atoms with Gasteiger partial charge in [-0.2, -0.15) is 0 Å². The number of ether oxygens (including phenoxy) is 1. The fourth-order valence-electron chi connectivity index (χ4n) is 12.0. The number of likely N-dealkylation sites (N-methyl/N-ethyl adjacent to an activating group) is 1. The predicted molar refractivity (Wildman–Crippen MR) is 150 cm³/mol. The molecular weight excluding hydrogens is 616 g/mol. The summed E-state index contributed by atoms with van der Waals surface area (Å²) >= 11 is 0. The molecule has 39 heavy (non-hydrogen) atoms. The molecule has 9 atom stereocenters. The molecular formula is C33H58Br2N2O2. The van der Waals surface area contributed by atoms with E-state index in [1.807, 2.05) is 0 Å². The minimum absolute atomic E-state index is 0. The Balaban J connectivity index is 0.00000176. The molecule has 6 heteroatoms. The summed E-state index contributed by atoms with van der Waals surface area (Å²) in [4.78, 5) is 12.5. The molecule has 0 radical (unpaired) electrons. The molecule has 2 heterocycles. The van der Waals surface area contributed by atoms with Crippen LogP contribution in [0, 0.1) is 34.5 Å². The van der Waals surface area contributed by atoms with Gasteiger partial charge in [0, 0.05) is 25.2 Å². The first-order chi connectivity index (χ1) is 17.6. The number of esters is 1. The summed E-state index contributed by atoms with van der Waals surface area (Å²) in [6, 6.07) is 1.39. The lowest BCUT2D eigenvalue weighted by Gasteiger charge is -2.62. The van der Waals surface area contributed by atoms with Crippen LogP contribution in [0.5, 0.6) is 0 Å². The number of quaternary nitrogens is 2. The van der Waals surface area contributed by atoms with E-state index in [4.69, 9.17) is 4.74 Å². The van der Waals surface area contributed by atoms with Gasteiger partial charge >= 0.3 is 5.97 Å². The van der Waals surface area contributed by atoms with Gasteiger partial charge in [-0.25, -0.2) is 0 Å². The van der Waals surface area contributed by atoms with Crippen LogP contribution < -0.4 is 34.0 Å². The summed E-state index contributed by atoms with van der Waals surface area (Å²) in [6.07, 6.45) is 19.8. The van der Waals surface area contributed by atoms with Crippen LogP contribution >= 0.6 is 0 Å². The third-order valence-corrected chi connectivity index (χ3v) is 14.2. The topological polar surface area (TPSA) is 26.3 Å². The molecule has 0 aromatic rings. The summed E-state index contributed by atoms with van der Waals surface area (Å²) in [6.45, 7) is 12.4. The van der Waals surface area contributed by atoms with Crippen molar-refractivity contribution in [3.8, 4) is 0 Å². The second-order valence-corrected chi connectivity index (χ2v) is 15.9. The molecule has 226 valence electrons. The molecule has 4 aliphatic carbocycles. The number of hydrogen-bond acceptors (Lipinski definition) is 2. The Bertz CT molecular complexity index is 872. The third-order valence-electron chi connectivity index (χ3n) is 14.2. The lowest BCUT2D eigenvalue weighted by Crippen LogP contribution is -3.00. The Labute approximate surface area is 261 Å². The van der Waals surface area contributed by atoms with E-state index in [0.717, 1.165) is 34.2 Å². The van der Waals surface area contributed by atoms with Crippen LogP contribution in [0.15, 0.2) is 0 Å². The zero-order chi connectivity index (χ0) is 26.1. The Morgan fingerprint density at radius 2 is 1.33 bits per heavy atom. The van der Waals surface area contributed by atoms with Crippen LogP contribution in [0.25, 0.3) is 0 Å². The largest absolute Gasteiger partial charge is 1.00 e. The zero-order valence-corrected chi connectivity index (χ0v) is 28.9. The number of nitrogens with zero attached hydrogens (tertiary/aromatic N) is 2. The molecule has 0 unspecified atom stereocenters. The van der Waals surface area contributed by atoms with Crippen molar-refractivity contribution < 1.29 is 52.5 Å². The molecule has 6 fully saturated rings. The number of piperidine rings is 2. The van der Waals surface area contributed by atoms with Gasteiger partial charge in [0.15, 0.2) is 6.10 Å².